The topological polar surface area (TPSA) is 69.5 Å². The van der Waals surface area contributed by atoms with Crippen molar-refractivity contribution in [2.75, 3.05) is 27.7 Å². The molecule has 0 fully saturated rings. The Bertz CT molecular complexity index is 505. The zero-order chi connectivity index (χ0) is 13.8. The van der Waals surface area contributed by atoms with Gasteiger partial charge >= 0.3 is 0 Å². The molecule has 104 valence electrons. The maximum atomic E-state index is 6.27. The van der Waals surface area contributed by atoms with E-state index in [-0.39, 0.29) is 6.04 Å². The highest BCUT2D eigenvalue weighted by molar-refractivity contribution is 5.34. The Morgan fingerprint density at radius 2 is 2.32 bits per heavy atom. The molecule has 0 aliphatic rings. The maximum absolute atomic E-state index is 6.27. The molecular weight excluding hydrogens is 244 g/mol. The number of likely N-dealkylation sites (N-methyl/N-ethyl adjacent to an activating group) is 1. The van der Waals surface area contributed by atoms with Crippen LogP contribution in [0, 0.1) is 0 Å². The lowest BCUT2D eigenvalue weighted by Crippen LogP contribution is -2.23. The molecular formula is C13H20N4O2. The summed E-state index contributed by atoms with van der Waals surface area (Å²) in [6, 6.07) is 1.55. The minimum absolute atomic E-state index is 0.307. The molecule has 6 nitrogen and oxygen atoms in total. The Morgan fingerprint density at radius 3 is 2.89 bits per heavy atom. The molecule has 2 aromatic rings. The van der Waals surface area contributed by atoms with E-state index in [2.05, 4.69) is 10.00 Å². The van der Waals surface area contributed by atoms with E-state index in [9.17, 15) is 0 Å². The molecule has 0 amide bonds. The number of nitrogens with zero attached hydrogens (tertiary/aromatic N) is 3. The van der Waals surface area contributed by atoms with Gasteiger partial charge in [-0.05, 0) is 20.2 Å². The molecule has 2 heterocycles. The van der Waals surface area contributed by atoms with Crippen LogP contribution in [0.4, 0.5) is 0 Å². The van der Waals surface area contributed by atoms with E-state index in [0.717, 1.165) is 24.3 Å². The SMILES string of the molecule is COc1cnn(CCN(C)C)c1C(N)c1ccoc1. The zero-order valence-electron chi connectivity index (χ0n) is 11.5. The summed E-state index contributed by atoms with van der Waals surface area (Å²) in [7, 11) is 5.67. The predicted molar refractivity (Wildman–Crippen MR) is 72.1 cm³/mol. The third kappa shape index (κ3) is 2.97. The second-order valence-electron chi connectivity index (χ2n) is 4.66. The molecule has 2 rings (SSSR count). The minimum Gasteiger partial charge on any atom is -0.493 e. The van der Waals surface area contributed by atoms with Crippen molar-refractivity contribution in [1.82, 2.24) is 14.7 Å². The van der Waals surface area contributed by atoms with E-state index < -0.39 is 0 Å². The molecule has 0 aliphatic carbocycles. The summed E-state index contributed by atoms with van der Waals surface area (Å²) >= 11 is 0. The summed E-state index contributed by atoms with van der Waals surface area (Å²) in [5, 5.41) is 4.34. The molecule has 0 bridgehead atoms. The molecule has 0 radical (unpaired) electrons. The second kappa shape index (κ2) is 5.90. The molecule has 0 aromatic carbocycles. The van der Waals surface area contributed by atoms with Crippen LogP contribution >= 0.6 is 0 Å². The first-order valence-corrected chi connectivity index (χ1v) is 6.15. The highest BCUT2D eigenvalue weighted by atomic mass is 16.5. The number of hydrogen-bond acceptors (Lipinski definition) is 5. The molecule has 0 saturated carbocycles. The van der Waals surface area contributed by atoms with E-state index in [4.69, 9.17) is 14.9 Å². The van der Waals surface area contributed by atoms with Crippen LogP contribution in [0.5, 0.6) is 5.75 Å². The number of ether oxygens (including phenoxy) is 1. The van der Waals surface area contributed by atoms with Crippen molar-refractivity contribution in [3.8, 4) is 5.75 Å². The average Bonchev–Trinajstić information content (AvgIpc) is 3.04. The Labute approximate surface area is 112 Å². The number of hydrogen-bond donors (Lipinski definition) is 1. The van der Waals surface area contributed by atoms with E-state index in [0.29, 0.717) is 5.75 Å². The molecule has 0 aliphatic heterocycles. The first-order chi connectivity index (χ1) is 9.13. The van der Waals surface area contributed by atoms with E-state index >= 15 is 0 Å². The van der Waals surface area contributed by atoms with Crippen molar-refractivity contribution in [3.05, 3.63) is 36.0 Å². The molecule has 6 heteroatoms. The molecule has 0 spiro atoms. The van der Waals surface area contributed by atoms with Crippen LogP contribution in [0.15, 0.2) is 29.2 Å². The number of nitrogens with two attached hydrogens (primary N) is 1. The fourth-order valence-corrected chi connectivity index (χ4v) is 1.93. The summed E-state index contributed by atoms with van der Waals surface area (Å²) in [4.78, 5) is 2.10. The number of furan rings is 1. The Kier molecular flexibility index (Phi) is 4.24. The minimum atomic E-state index is -0.307. The van der Waals surface area contributed by atoms with Gasteiger partial charge in [-0.15, -0.1) is 0 Å². The van der Waals surface area contributed by atoms with Crippen LogP contribution in [-0.4, -0.2) is 42.4 Å². The fraction of sp³-hybridized carbons (Fsp3) is 0.462. The number of rotatable bonds is 6. The lowest BCUT2D eigenvalue weighted by molar-refractivity contribution is 0.363. The number of aromatic nitrogens is 2. The quantitative estimate of drug-likeness (QED) is 0.846. The highest BCUT2D eigenvalue weighted by Gasteiger charge is 2.21. The van der Waals surface area contributed by atoms with Crippen LogP contribution in [0.2, 0.25) is 0 Å². The molecule has 1 atom stereocenters. The van der Waals surface area contributed by atoms with Gasteiger partial charge in [-0.3, -0.25) is 4.68 Å². The van der Waals surface area contributed by atoms with Crippen molar-refractivity contribution in [2.45, 2.75) is 12.6 Å². The van der Waals surface area contributed by atoms with Gasteiger partial charge in [-0.25, -0.2) is 0 Å². The van der Waals surface area contributed by atoms with Gasteiger partial charge in [0.25, 0.3) is 0 Å². The summed E-state index contributed by atoms with van der Waals surface area (Å²) < 4.78 is 12.3. The van der Waals surface area contributed by atoms with Crippen molar-refractivity contribution < 1.29 is 9.15 Å². The van der Waals surface area contributed by atoms with Gasteiger partial charge in [0, 0.05) is 12.1 Å². The Morgan fingerprint density at radius 1 is 1.53 bits per heavy atom. The molecule has 19 heavy (non-hydrogen) atoms. The summed E-state index contributed by atoms with van der Waals surface area (Å²) in [6.07, 6.45) is 4.96. The summed E-state index contributed by atoms with van der Waals surface area (Å²) in [5.74, 6) is 0.701. The fourth-order valence-electron chi connectivity index (χ4n) is 1.93. The Hall–Kier alpha value is -1.79. The normalized spacial score (nSPS) is 12.9. The third-order valence-electron chi connectivity index (χ3n) is 3.02. The summed E-state index contributed by atoms with van der Waals surface area (Å²) in [6.45, 7) is 1.65. The van der Waals surface area contributed by atoms with Crippen LogP contribution in [0.3, 0.4) is 0 Å². The second-order valence-corrected chi connectivity index (χ2v) is 4.66. The van der Waals surface area contributed by atoms with Crippen LogP contribution in [0.1, 0.15) is 17.3 Å². The van der Waals surface area contributed by atoms with Crippen LogP contribution < -0.4 is 10.5 Å². The average molecular weight is 264 g/mol. The van der Waals surface area contributed by atoms with Crippen LogP contribution in [0.25, 0.3) is 0 Å². The van der Waals surface area contributed by atoms with Gasteiger partial charge in [0.05, 0.1) is 38.4 Å². The standard InChI is InChI=1S/C13H20N4O2/c1-16(2)5-6-17-13(11(18-3)8-15-17)12(14)10-4-7-19-9-10/h4,7-9,12H,5-6,14H2,1-3H3. The highest BCUT2D eigenvalue weighted by Crippen LogP contribution is 2.28. The predicted octanol–water partition coefficient (Wildman–Crippen LogP) is 1.09. The first kappa shape index (κ1) is 13.6. The summed E-state index contributed by atoms with van der Waals surface area (Å²) in [5.41, 5.74) is 8.05. The largest absolute Gasteiger partial charge is 0.493 e. The lowest BCUT2D eigenvalue weighted by Gasteiger charge is -2.16. The molecule has 2 aromatic heterocycles. The molecule has 1 unspecified atom stereocenters. The van der Waals surface area contributed by atoms with Crippen molar-refractivity contribution >= 4 is 0 Å². The van der Waals surface area contributed by atoms with Gasteiger partial charge in [-0.2, -0.15) is 5.10 Å². The molecule has 2 N–H and O–H groups in total. The monoisotopic (exact) mass is 264 g/mol. The van der Waals surface area contributed by atoms with Crippen LogP contribution in [-0.2, 0) is 6.54 Å². The van der Waals surface area contributed by atoms with Gasteiger partial charge < -0.3 is 19.8 Å². The van der Waals surface area contributed by atoms with E-state index in [1.54, 1.807) is 25.8 Å². The van der Waals surface area contributed by atoms with Gasteiger partial charge in [0.2, 0.25) is 0 Å². The van der Waals surface area contributed by atoms with E-state index in [1.165, 1.54) is 0 Å². The van der Waals surface area contributed by atoms with Gasteiger partial charge in [0.15, 0.2) is 5.75 Å². The Balaban J connectivity index is 2.28. The number of methoxy groups -OCH3 is 1. The van der Waals surface area contributed by atoms with Crippen molar-refractivity contribution in [3.63, 3.8) is 0 Å². The third-order valence-corrected chi connectivity index (χ3v) is 3.02. The smallest absolute Gasteiger partial charge is 0.161 e. The van der Waals surface area contributed by atoms with Gasteiger partial charge in [-0.1, -0.05) is 0 Å². The van der Waals surface area contributed by atoms with Gasteiger partial charge in [0.1, 0.15) is 5.69 Å². The van der Waals surface area contributed by atoms with Crippen molar-refractivity contribution in [1.29, 1.82) is 0 Å². The maximum Gasteiger partial charge on any atom is 0.161 e. The lowest BCUT2D eigenvalue weighted by atomic mass is 10.1. The first-order valence-electron chi connectivity index (χ1n) is 6.15. The molecule has 0 saturated heterocycles. The zero-order valence-corrected chi connectivity index (χ0v) is 11.5. The van der Waals surface area contributed by atoms with E-state index in [1.807, 2.05) is 24.8 Å². The van der Waals surface area contributed by atoms with Crippen molar-refractivity contribution in [2.24, 2.45) is 5.73 Å².